The molecule has 1 aromatic carbocycles. The second-order valence-electron chi connectivity index (χ2n) is 10.1. The summed E-state index contributed by atoms with van der Waals surface area (Å²) in [5.74, 6) is 1.50. The van der Waals surface area contributed by atoms with Gasteiger partial charge in [-0.1, -0.05) is 26.5 Å². The van der Waals surface area contributed by atoms with Crippen molar-refractivity contribution >= 4 is 11.3 Å². The summed E-state index contributed by atoms with van der Waals surface area (Å²) < 4.78 is 0. The summed E-state index contributed by atoms with van der Waals surface area (Å²) >= 11 is 0. The van der Waals surface area contributed by atoms with E-state index in [-0.39, 0.29) is 0 Å². The molecule has 0 spiro atoms. The quantitative estimate of drug-likeness (QED) is 0.692. The Balaban J connectivity index is 1.42. The third-order valence-electron chi connectivity index (χ3n) is 7.65. The molecule has 0 saturated heterocycles. The topological polar surface area (TPSA) is 37.8 Å². The molecule has 0 radical (unpaired) electrons. The van der Waals surface area contributed by atoms with Crippen LogP contribution in [-0.4, -0.2) is 17.0 Å². The van der Waals surface area contributed by atoms with Crippen molar-refractivity contribution in [3.05, 3.63) is 59.7 Å². The van der Waals surface area contributed by atoms with Crippen LogP contribution >= 0.6 is 0 Å². The zero-order chi connectivity index (χ0) is 19.5. The number of benzene rings is 1. The van der Waals surface area contributed by atoms with E-state index in [9.17, 15) is 0 Å². The van der Waals surface area contributed by atoms with Gasteiger partial charge in [-0.2, -0.15) is 0 Å². The van der Waals surface area contributed by atoms with Crippen LogP contribution in [0.2, 0.25) is 0 Å². The van der Waals surface area contributed by atoms with Crippen LogP contribution < -0.4 is 5.32 Å². The van der Waals surface area contributed by atoms with Crippen molar-refractivity contribution in [1.82, 2.24) is 9.97 Å². The Morgan fingerprint density at radius 3 is 2.68 bits per heavy atom. The predicted octanol–water partition coefficient (Wildman–Crippen LogP) is 5.83. The molecule has 5 rings (SSSR count). The molecule has 3 fully saturated rings. The second-order valence-corrected chi connectivity index (χ2v) is 10.1. The Morgan fingerprint density at radius 2 is 2.00 bits per heavy atom. The lowest BCUT2D eigenvalue weighted by Gasteiger charge is -2.17. The highest BCUT2D eigenvalue weighted by atomic mass is 14.9. The minimum absolute atomic E-state index is 0.501. The maximum Gasteiger partial charge on any atom is 0.116 e. The molecule has 1 N–H and O–H groups in total. The van der Waals surface area contributed by atoms with Gasteiger partial charge in [0.2, 0.25) is 0 Å². The molecule has 3 nitrogen and oxygen atoms in total. The molecule has 3 aliphatic rings. The van der Waals surface area contributed by atoms with E-state index in [4.69, 9.17) is 0 Å². The highest BCUT2D eigenvalue weighted by molar-refractivity contribution is 5.83. The molecule has 28 heavy (non-hydrogen) atoms. The molecule has 1 aromatic heterocycles. The number of fused-ring (bicyclic) bond motifs is 1. The first-order chi connectivity index (χ1) is 13.4. The normalized spacial score (nSPS) is 29.2. The van der Waals surface area contributed by atoms with Crippen LogP contribution in [0.15, 0.2) is 37.2 Å². The first-order valence-electron chi connectivity index (χ1n) is 10.7. The first kappa shape index (κ1) is 17.9. The molecule has 0 bridgehead atoms. The van der Waals surface area contributed by atoms with Crippen LogP contribution in [0.5, 0.6) is 0 Å². The molecule has 3 saturated carbocycles. The van der Waals surface area contributed by atoms with E-state index in [1.165, 1.54) is 43.4 Å². The molecule has 2 aromatic rings. The SMILES string of the molecule is C=C(c1cc(C2CC3C[C@@]3(C)C2)ncn1)c1cc(CC2(C)CC2)ccc1NC. The smallest absolute Gasteiger partial charge is 0.116 e. The number of nitrogens with one attached hydrogen (secondary N) is 1. The zero-order valence-electron chi connectivity index (χ0n) is 17.4. The van der Waals surface area contributed by atoms with E-state index in [0.717, 1.165) is 34.9 Å². The number of hydrogen-bond donors (Lipinski definition) is 1. The number of hydrogen-bond acceptors (Lipinski definition) is 3. The van der Waals surface area contributed by atoms with Gasteiger partial charge in [-0.25, -0.2) is 9.97 Å². The molecule has 0 amide bonds. The van der Waals surface area contributed by atoms with E-state index in [0.29, 0.717) is 16.7 Å². The average Bonchev–Trinajstić information content (AvgIpc) is 3.55. The Labute approximate surface area is 168 Å². The van der Waals surface area contributed by atoms with Gasteiger partial charge >= 0.3 is 0 Å². The van der Waals surface area contributed by atoms with Crippen molar-refractivity contribution in [2.75, 3.05) is 12.4 Å². The van der Waals surface area contributed by atoms with Crippen LogP contribution in [0.1, 0.15) is 74.4 Å². The van der Waals surface area contributed by atoms with Crippen LogP contribution in [-0.2, 0) is 6.42 Å². The van der Waals surface area contributed by atoms with Crippen molar-refractivity contribution in [2.24, 2.45) is 16.7 Å². The summed E-state index contributed by atoms with van der Waals surface area (Å²) in [6, 6.07) is 8.94. The number of nitrogens with zero attached hydrogens (tertiary/aromatic N) is 2. The third kappa shape index (κ3) is 3.15. The van der Waals surface area contributed by atoms with Gasteiger partial charge in [-0.15, -0.1) is 0 Å². The molecular weight excluding hydrogens is 342 g/mol. The summed E-state index contributed by atoms with van der Waals surface area (Å²) in [4.78, 5) is 9.22. The zero-order valence-corrected chi connectivity index (χ0v) is 17.4. The third-order valence-corrected chi connectivity index (χ3v) is 7.65. The minimum Gasteiger partial charge on any atom is -0.388 e. The maximum atomic E-state index is 4.63. The predicted molar refractivity (Wildman–Crippen MR) is 115 cm³/mol. The van der Waals surface area contributed by atoms with Gasteiger partial charge in [0.1, 0.15) is 6.33 Å². The van der Waals surface area contributed by atoms with Crippen molar-refractivity contribution in [3.8, 4) is 0 Å². The van der Waals surface area contributed by atoms with E-state index in [2.05, 4.69) is 60.0 Å². The van der Waals surface area contributed by atoms with Crippen LogP contribution in [0.25, 0.3) is 5.57 Å². The molecular formula is C25H31N3. The van der Waals surface area contributed by atoms with Gasteiger partial charge in [-0.05, 0) is 79.0 Å². The van der Waals surface area contributed by atoms with Crippen molar-refractivity contribution in [2.45, 2.75) is 58.3 Å². The van der Waals surface area contributed by atoms with E-state index < -0.39 is 0 Å². The van der Waals surface area contributed by atoms with Crippen LogP contribution in [0.3, 0.4) is 0 Å². The fourth-order valence-corrected chi connectivity index (χ4v) is 5.29. The van der Waals surface area contributed by atoms with Gasteiger partial charge in [0, 0.05) is 35.5 Å². The average molecular weight is 374 g/mol. The molecule has 146 valence electrons. The number of anilines is 1. The summed E-state index contributed by atoms with van der Waals surface area (Å²) in [6.07, 6.45) is 9.53. The monoisotopic (exact) mass is 373 g/mol. The van der Waals surface area contributed by atoms with E-state index in [1.807, 2.05) is 7.05 Å². The summed E-state index contributed by atoms with van der Waals surface area (Å²) in [6.45, 7) is 9.25. The van der Waals surface area contributed by atoms with E-state index in [1.54, 1.807) is 6.33 Å². The first-order valence-corrected chi connectivity index (χ1v) is 10.7. The maximum absolute atomic E-state index is 4.63. The molecule has 0 aliphatic heterocycles. The largest absolute Gasteiger partial charge is 0.388 e. The number of aromatic nitrogens is 2. The van der Waals surface area contributed by atoms with E-state index >= 15 is 0 Å². The summed E-state index contributed by atoms with van der Waals surface area (Å²) in [5.41, 5.74) is 7.91. The van der Waals surface area contributed by atoms with Crippen molar-refractivity contribution in [1.29, 1.82) is 0 Å². The second kappa shape index (κ2) is 6.17. The van der Waals surface area contributed by atoms with Crippen LogP contribution in [0, 0.1) is 16.7 Å². The van der Waals surface area contributed by atoms with Gasteiger partial charge < -0.3 is 5.32 Å². The summed E-state index contributed by atoms with van der Waals surface area (Å²) in [7, 11) is 1.98. The Morgan fingerprint density at radius 1 is 1.18 bits per heavy atom. The lowest BCUT2D eigenvalue weighted by molar-refractivity contribution is 0.510. The lowest BCUT2D eigenvalue weighted by atomic mass is 9.92. The summed E-state index contributed by atoms with van der Waals surface area (Å²) in [5, 5.41) is 3.33. The standard InChI is InChI=1S/C25H31N3/c1-16(20-9-17(5-6-21(20)26-4)12-24(2)7-8-24)22-11-23(28-15-27-22)18-10-19-14-25(19,3)13-18/h5-6,9,11,15,18-19,26H,1,7-8,10,12-14H2,2-4H3/t18?,19?,25-/m1/s1. The Hall–Kier alpha value is -2.16. The van der Waals surface area contributed by atoms with Gasteiger partial charge in [0.25, 0.3) is 0 Å². The fraction of sp³-hybridized carbons (Fsp3) is 0.520. The Bertz CT molecular complexity index is 943. The molecule has 3 aliphatic carbocycles. The number of rotatable bonds is 6. The fourth-order valence-electron chi connectivity index (χ4n) is 5.29. The Kier molecular flexibility index (Phi) is 3.94. The molecule has 3 atom stereocenters. The molecule has 1 heterocycles. The molecule has 2 unspecified atom stereocenters. The van der Waals surface area contributed by atoms with Gasteiger partial charge in [0.05, 0.1) is 5.69 Å². The van der Waals surface area contributed by atoms with Crippen molar-refractivity contribution < 1.29 is 0 Å². The highest BCUT2D eigenvalue weighted by Gasteiger charge is 2.56. The minimum atomic E-state index is 0.501. The van der Waals surface area contributed by atoms with Gasteiger partial charge in [0.15, 0.2) is 0 Å². The van der Waals surface area contributed by atoms with Gasteiger partial charge in [-0.3, -0.25) is 0 Å². The lowest BCUT2D eigenvalue weighted by Crippen LogP contribution is -2.05. The van der Waals surface area contributed by atoms with Crippen molar-refractivity contribution in [3.63, 3.8) is 0 Å². The van der Waals surface area contributed by atoms with Crippen LogP contribution in [0.4, 0.5) is 5.69 Å². The molecule has 3 heteroatoms. The highest BCUT2D eigenvalue weighted by Crippen LogP contribution is 2.67.